The van der Waals surface area contributed by atoms with Crippen LogP contribution >= 0.6 is 0 Å². The zero-order valence-electron chi connectivity index (χ0n) is 7.71. The Balaban J connectivity index is 2.06. The van der Waals surface area contributed by atoms with E-state index in [1.807, 2.05) is 0 Å². The first-order chi connectivity index (χ1) is 5.25. The maximum atomic E-state index is 5.63. The lowest BCUT2D eigenvalue weighted by molar-refractivity contribution is -0.116. The molecule has 3 nitrogen and oxygen atoms in total. The minimum atomic E-state index is -0.0863. The van der Waals surface area contributed by atoms with Crippen LogP contribution in [0.5, 0.6) is 0 Å². The van der Waals surface area contributed by atoms with Crippen molar-refractivity contribution in [3.8, 4) is 0 Å². The first kappa shape index (κ1) is 9.19. The van der Waals surface area contributed by atoms with Gasteiger partial charge in [-0.2, -0.15) is 0 Å². The minimum absolute atomic E-state index is 0.0863. The number of hydrogen-bond acceptors (Lipinski definition) is 3. The highest BCUT2D eigenvalue weighted by Crippen LogP contribution is 2.12. The quantitative estimate of drug-likeness (QED) is 0.439. The lowest BCUT2D eigenvalue weighted by atomic mass is 10.4. The van der Waals surface area contributed by atoms with Crippen LogP contribution in [0.2, 0.25) is 0 Å². The highest BCUT2D eigenvalue weighted by molar-refractivity contribution is 6.31. The first-order valence-electron chi connectivity index (χ1n) is 4.27. The van der Waals surface area contributed by atoms with Gasteiger partial charge in [0.2, 0.25) is 0 Å². The largest absolute Gasteiger partial charge is 0.351 e. The Hall–Kier alpha value is 0.0969. The molecule has 0 spiro atoms. The summed E-state index contributed by atoms with van der Waals surface area (Å²) in [4.78, 5) is 0. The monoisotopic (exact) mass is 174 g/mol. The van der Waals surface area contributed by atoms with Crippen molar-refractivity contribution in [1.82, 2.24) is 9.13 Å². The predicted molar refractivity (Wildman–Crippen MR) is 48.7 cm³/mol. The van der Waals surface area contributed by atoms with Crippen LogP contribution in [0, 0.1) is 0 Å². The average Bonchev–Trinajstić information content (AvgIpc) is 1.98. The van der Waals surface area contributed by atoms with Crippen LogP contribution in [0.3, 0.4) is 0 Å². The second kappa shape index (κ2) is 4.20. The van der Waals surface area contributed by atoms with Crippen molar-refractivity contribution in [2.45, 2.75) is 26.1 Å². The van der Waals surface area contributed by atoms with Crippen molar-refractivity contribution in [3.63, 3.8) is 0 Å². The molecule has 1 heterocycles. The van der Waals surface area contributed by atoms with Gasteiger partial charge in [-0.1, -0.05) is 13.3 Å². The van der Waals surface area contributed by atoms with Crippen molar-refractivity contribution < 1.29 is 4.74 Å². The molecule has 1 rings (SSSR count). The molecular formula is C7H18N2OSi. The fourth-order valence-corrected chi connectivity index (χ4v) is 2.76. The van der Waals surface area contributed by atoms with Gasteiger partial charge in [0.25, 0.3) is 0 Å². The van der Waals surface area contributed by atoms with Crippen LogP contribution in [0.15, 0.2) is 0 Å². The number of rotatable bonds is 4. The van der Waals surface area contributed by atoms with Crippen LogP contribution in [-0.2, 0) is 4.74 Å². The second-order valence-electron chi connectivity index (χ2n) is 3.21. The average molecular weight is 174 g/mol. The number of ether oxygens (including phenoxy) is 1. The highest BCUT2D eigenvalue weighted by Gasteiger charge is 2.30. The van der Waals surface area contributed by atoms with Crippen LogP contribution in [0.4, 0.5) is 0 Å². The molecule has 66 valence electrons. The highest BCUT2D eigenvalue weighted by atomic mass is 28.2. The van der Waals surface area contributed by atoms with Crippen LogP contribution < -0.4 is 0 Å². The fourth-order valence-electron chi connectivity index (χ4n) is 1.32. The summed E-state index contributed by atoms with van der Waals surface area (Å²) in [6, 6.07) is 0. The van der Waals surface area contributed by atoms with Gasteiger partial charge in [-0.3, -0.25) is 9.13 Å². The third kappa shape index (κ3) is 2.26. The molecule has 0 aliphatic carbocycles. The van der Waals surface area contributed by atoms with Gasteiger partial charge in [-0.25, -0.2) is 0 Å². The van der Waals surface area contributed by atoms with Gasteiger partial charge in [0.1, 0.15) is 0 Å². The molecule has 1 aliphatic heterocycles. The Morgan fingerprint density at radius 3 is 2.45 bits per heavy atom. The van der Waals surface area contributed by atoms with Crippen molar-refractivity contribution in [1.29, 1.82) is 0 Å². The number of nitrogens with zero attached hydrogens (tertiary/aromatic N) is 2. The van der Waals surface area contributed by atoms with E-state index in [9.17, 15) is 0 Å². The number of hydrogen-bond donors (Lipinski definition) is 0. The number of unbranched alkanes of at least 4 members (excludes halogenated alkanes) is 1. The maximum Gasteiger partial charge on any atom is 0.178 e. The molecule has 0 saturated carbocycles. The Bertz CT molecular complexity index is 115. The Morgan fingerprint density at radius 2 is 2.00 bits per heavy atom. The van der Waals surface area contributed by atoms with E-state index in [1.54, 1.807) is 0 Å². The fraction of sp³-hybridized carbons (Fsp3) is 1.00. The summed E-state index contributed by atoms with van der Waals surface area (Å²) < 4.78 is 10.3. The summed E-state index contributed by atoms with van der Waals surface area (Å²) in [5, 5.41) is 0. The van der Waals surface area contributed by atoms with Gasteiger partial charge < -0.3 is 4.74 Å². The molecule has 11 heavy (non-hydrogen) atoms. The molecule has 1 fully saturated rings. The Labute approximate surface area is 71.3 Å². The topological polar surface area (TPSA) is 15.7 Å². The standard InChI is InChI=1S/C7H18N2OSi/c1-4-5-6-10-7-8(2)11-9(7)3/h7H,4-6,11H2,1-3H3. The van der Waals surface area contributed by atoms with E-state index in [1.165, 1.54) is 12.8 Å². The molecular weight excluding hydrogens is 156 g/mol. The third-order valence-electron chi connectivity index (χ3n) is 1.97. The predicted octanol–water partition coefficient (Wildman–Crippen LogP) is -0.0373. The molecule has 0 aromatic rings. The van der Waals surface area contributed by atoms with Crippen molar-refractivity contribution in [2.24, 2.45) is 0 Å². The molecule has 0 amide bonds. The summed E-state index contributed by atoms with van der Waals surface area (Å²) in [5.74, 6) is 0. The molecule has 0 bridgehead atoms. The van der Waals surface area contributed by atoms with Gasteiger partial charge in [0.15, 0.2) is 16.2 Å². The molecule has 0 aromatic carbocycles. The van der Waals surface area contributed by atoms with Gasteiger partial charge in [-0.15, -0.1) is 0 Å². The Kier molecular flexibility index (Phi) is 3.51. The van der Waals surface area contributed by atoms with Gasteiger partial charge in [0, 0.05) is 0 Å². The SMILES string of the molecule is CCCCOC1N(C)[SiH2]N1C. The molecule has 0 unspecified atom stereocenters. The van der Waals surface area contributed by atoms with E-state index in [0.29, 0.717) is 6.35 Å². The normalized spacial score (nSPS) is 29.2. The Morgan fingerprint density at radius 1 is 1.36 bits per heavy atom. The molecule has 1 aliphatic rings. The van der Waals surface area contributed by atoms with Crippen LogP contribution in [0.1, 0.15) is 19.8 Å². The summed E-state index contributed by atoms with van der Waals surface area (Å²) in [7, 11) is 4.20. The summed E-state index contributed by atoms with van der Waals surface area (Å²) in [5.41, 5.74) is 0. The van der Waals surface area contributed by atoms with Crippen molar-refractivity contribution in [2.75, 3.05) is 20.7 Å². The van der Waals surface area contributed by atoms with Gasteiger partial charge >= 0.3 is 0 Å². The first-order valence-corrected chi connectivity index (χ1v) is 5.54. The van der Waals surface area contributed by atoms with Gasteiger partial charge in [0.05, 0.1) is 6.61 Å². The summed E-state index contributed by atoms with van der Waals surface area (Å²) >= 11 is 0. The minimum Gasteiger partial charge on any atom is -0.351 e. The lowest BCUT2D eigenvalue weighted by Crippen LogP contribution is -2.64. The summed E-state index contributed by atoms with van der Waals surface area (Å²) in [6.45, 7) is 3.09. The molecule has 0 N–H and O–H groups in total. The zero-order chi connectivity index (χ0) is 8.27. The van der Waals surface area contributed by atoms with Crippen LogP contribution in [0.25, 0.3) is 0 Å². The van der Waals surface area contributed by atoms with E-state index >= 15 is 0 Å². The third-order valence-corrected chi connectivity index (χ3v) is 3.48. The lowest BCUT2D eigenvalue weighted by Gasteiger charge is -2.46. The van der Waals surface area contributed by atoms with Crippen molar-refractivity contribution in [3.05, 3.63) is 0 Å². The van der Waals surface area contributed by atoms with Crippen LogP contribution in [-0.4, -0.2) is 46.0 Å². The van der Waals surface area contributed by atoms with E-state index in [2.05, 4.69) is 30.2 Å². The molecule has 0 aromatic heterocycles. The van der Waals surface area contributed by atoms with E-state index in [0.717, 1.165) is 6.61 Å². The molecule has 1 saturated heterocycles. The van der Waals surface area contributed by atoms with E-state index < -0.39 is 0 Å². The zero-order valence-corrected chi connectivity index (χ0v) is 9.12. The van der Waals surface area contributed by atoms with Gasteiger partial charge in [-0.05, 0) is 20.5 Å². The smallest absolute Gasteiger partial charge is 0.178 e. The molecule has 4 heteroatoms. The van der Waals surface area contributed by atoms with Crippen molar-refractivity contribution >= 4 is 9.84 Å². The maximum absolute atomic E-state index is 5.63. The molecule has 0 radical (unpaired) electrons. The second-order valence-corrected chi connectivity index (χ2v) is 5.48. The van der Waals surface area contributed by atoms with E-state index in [4.69, 9.17) is 4.74 Å². The van der Waals surface area contributed by atoms with E-state index in [-0.39, 0.29) is 9.84 Å². The summed E-state index contributed by atoms with van der Waals surface area (Å²) in [6.07, 6.45) is 2.70. The molecule has 0 atom stereocenters.